The van der Waals surface area contributed by atoms with Gasteiger partial charge in [0.2, 0.25) is 15.9 Å². The number of rotatable bonds is 5. The molecular formula is C16H16ClFN2O3S. The first-order valence-corrected chi connectivity index (χ1v) is 9.19. The zero-order valence-electron chi connectivity index (χ0n) is 13.1. The molecule has 0 fully saturated rings. The number of halogens is 2. The Morgan fingerprint density at radius 1 is 1.25 bits per heavy atom. The topological polar surface area (TPSA) is 66.5 Å². The van der Waals surface area contributed by atoms with E-state index in [1.54, 1.807) is 18.2 Å². The third-order valence-electron chi connectivity index (χ3n) is 3.24. The van der Waals surface area contributed by atoms with E-state index in [0.29, 0.717) is 10.7 Å². The van der Waals surface area contributed by atoms with E-state index in [1.807, 2.05) is 6.92 Å². The average Bonchev–Trinajstić information content (AvgIpc) is 2.47. The highest BCUT2D eigenvalue weighted by Gasteiger charge is 2.21. The van der Waals surface area contributed by atoms with Gasteiger partial charge >= 0.3 is 0 Å². The second-order valence-electron chi connectivity index (χ2n) is 5.26. The molecule has 0 heterocycles. The standard InChI is InChI=1S/C16H16ClFN2O3S/c1-11-6-7-13(9-15(11)17)19-16(21)10-20(24(2,22)23)14-5-3-4-12(18)8-14/h3-9H,10H2,1-2H3,(H,19,21). The third kappa shape index (κ3) is 4.69. The Balaban J connectivity index is 2.20. The van der Waals surface area contributed by atoms with Gasteiger partial charge in [0.25, 0.3) is 0 Å². The normalized spacial score (nSPS) is 11.2. The molecule has 1 N–H and O–H groups in total. The van der Waals surface area contributed by atoms with Gasteiger partial charge in [-0.1, -0.05) is 23.7 Å². The fourth-order valence-corrected chi connectivity index (χ4v) is 3.06. The summed E-state index contributed by atoms with van der Waals surface area (Å²) in [6.45, 7) is 1.34. The molecule has 0 spiro atoms. The molecule has 2 rings (SSSR count). The van der Waals surface area contributed by atoms with Crippen LogP contribution in [0.4, 0.5) is 15.8 Å². The molecule has 0 bridgehead atoms. The predicted octanol–water partition coefficient (Wildman–Crippen LogP) is 3.19. The van der Waals surface area contributed by atoms with Crippen LogP contribution >= 0.6 is 11.6 Å². The fourth-order valence-electron chi connectivity index (χ4n) is 2.03. The van der Waals surface area contributed by atoms with Crippen molar-refractivity contribution in [1.82, 2.24) is 0 Å². The van der Waals surface area contributed by atoms with Gasteiger partial charge in [0.05, 0.1) is 11.9 Å². The maximum absolute atomic E-state index is 13.3. The molecule has 1 amide bonds. The van der Waals surface area contributed by atoms with Gasteiger partial charge in [0.1, 0.15) is 12.4 Å². The number of carbonyl (C=O) groups is 1. The number of hydrogen-bond donors (Lipinski definition) is 1. The smallest absolute Gasteiger partial charge is 0.245 e. The van der Waals surface area contributed by atoms with Crippen LogP contribution in [0.25, 0.3) is 0 Å². The van der Waals surface area contributed by atoms with Gasteiger partial charge in [-0.25, -0.2) is 12.8 Å². The highest BCUT2D eigenvalue weighted by molar-refractivity contribution is 7.92. The number of benzene rings is 2. The van der Waals surface area contributed by atoms with E-state index in [2.05, 4.69) is 5.32 Å². The highest BCUT2D eigenvalue weighted by Crippen LogP contribution is 2.21. The number of aryl methyl sites for hydroxylation is 1. The minimum atomic E-state index is -3.76. The van der Waals surface area contributed by atoms with Crippen LogP contribution in [-0.2, 0) is 14.8 Å². The molecule has 0 aromatic heterocycles. The van der Waals surface area contributed by atoms with E-state index in [-0.39, 0.29) is 5.69 Å². The minimum Gasteiger partial charge on any atom is -0.324 e. The third-order valence-corrected chi connectivity index (χ3v) is 4.79. The van der Waals surface area contributed by atoms with Crippen molar-refractivity contribution >= 4 is 38.9 Å². The van der Waals surface area contributed by atoms with E-state index in [1.165, 1.54) is 18.2 Å². The second-order valence-corrected chi connectivity index (χ2v) is 7.58. The summed E-state index contributed by atoms with van der Waals surface area (Å²) in [4.78, 5) is 12.2. The number of carbonyl (C=O) groups excluding carboxylic acids is 1. The van der Waals surface area contributed by atoms with Gasteiger partial charge in [-0.3, -0.25) is 9.10 Å². The van der Waals surface area contributed by atoms with Crippen LogP contribution in [0.15, 0.2) is 42.5 Å². The first kappa shape index (κ1) is 18.2. The molecule has 0 saturated carbocycles. The Bertz CT molecular complexity index is 871. The number of nitrogens with zero attached hydrogens (tertiary/aromatic N) is 1. The second kappa shape index (κ2) is 7.19. The lowest BCUT2D eigenvalue weighted by Crippen LogP contribution is -2.37. The lowest BCUT2D eigenvalue weighted by molar-refractivity contribution is -0.114. The van der Waals surface area contributed by atoms with Crippen molar-refractivity contribution in [3.05, 3.63) is 58.9 Å². The molecule has 0 saturated heterocycles. The van der Waals surface area contributed by atoms with Gasteiger partial charge in [-0.05, 0) is 42.8 Å². The monoisotopic (exact) mass is 370 g/mol. The zero-order chi connectivity index (χ0) is 17.9. The summed E-state index contributed by atoms with van der Waals surface area (Å²) >= 11 is 5.99. The molecule has 0 aliphatic heterocycles. The van der Waals surface area contributed by atoms with Crippen LogP contribution in [0.2, 0.25) is 5.02 Å². The van der Waals surface area contributed by atoms with Crippen molar-refractivity contribution in [2.45, 2.75) is 6.92 Å². The van der Waals surface area contributed by atoms with E-state index in [9.17, 15) is 17.6 Å². The molecule has 128 valence electrons. The molecule has 5 nitrogen and oxygen atoms in total. The van der Waals surface area contributed by atoms with E-state index in [4.69, 9.17) is 11.6 Å². The summed E-state index contributed by atoms with van der Waals surface area (Å²) in [6, 6.07) is 10.0. The summed E-state index contributed by atoms with van der Waals surface area (Å²) in [6.07, 6.45) is 0.952. The maximum Gasteiger partial charge on any atom is 0.245 e. The van der Waals surface area contributed by atoms with Gasteiger partial charge in [-0.2, -0.15) is 0 Å². The number of anilines is 2. The first-order chi connectivity index (χ1) is 11.2. The quantitative estimate of drug-likeness (QED) is 0.878. The molecule has 2 aromatic rings. The summed E-state index contributed by atoms with van der Waals surface area (Å²) in [5.41, 5.74) is 1.38. The van der Waals surface area contributed by atoms with Crippen LogP contribution in [0.5, 0.6) is 0 Å². The highest BCUT2D eigenvalue weighted by atomic mass is 35.5. The SMILES string of the molecule is Cc1ccc(NC(=O)CN(c2cccc(F)c2)S(C)(=O)=O)cc1Cl. The molecule has 24 heavy (non-hydrogen) atoms. The van der Waals surface area contributed by atoms with Crippen molar-refractivity contribution in [2.75, 3.05) is 22.4 Å². The average molecular weight is 371 g/mol. The Kier molecular flexibility index (Phi) is 5.46. The predicted molar refractivity (Wildman–Crippen MR) is 93.4 cm³/mol. The van der Waals surface area contributed by atoms with Crippen molar-refractivity contribution in [3.63, 3.8) is 0 Å². The van der Waals surface area contributed by atoms with Gasteiger partial charge in [0, 0.05) is 10.7 Å². The molecular weight excluding hydrogens is 355 g/mol. The first-order valence-electron chi connectivity index (χ1n) is 6.96. The number of amides is 1. The molecule has 2 aromatic carbocycles. The Morgan fingerprint density at radius 2 is 1.96 bits per heavy atom. The number of hydrogen-bond acceptors (Lipinski definition) is 3. The fraction of sp³-hybridized carbons (Fsp3) is 0.188. The lowest BCUT2D eigenvalue weighted by atomic mass is 10.2. The summed E-state index contributed by atoms with van der Waals surface area (Å²) in [7, 11) is -3.76. The van der Waals surface area contributed by atoms with Crippen LogP contribution in [0.3, 0.4) is 0 Å². The lowest BCUT2D eigenvalue weighted by Gasteiger charge is -2.22. The summed E-state index contributed by atoms with van der Waals surface area (Å²) in [5, 5.41) is 3.06. The van der Waals surface area contributed by atoms with Crippen LogP contribution < -0.4 is 9.62 Å². The zero-order valence-corrected chi connectivity index (χ0v) is 14.7. The van der Waals surface area contributed by atoms with Gasteiger partial charge in [-0.15, -0.1) is 0 Å². The minimum absolute atomic E-state index is 0.0783. The van der Waals surface area contributed by atoms with E-state index >= 15 is 0 Å². The molecule has 0 atom stereocenters. The van der Waals surface area contributed by atoms with Crippen LogP contribution in [0, 0.1) is 12.7 Å². The Morgan fingerprint density at radius 3 is 2.54 bits per heavy atom. The van der Waals surface area contributed by atoms with Gasteiger partial charge < -0.3 is 5.32 Å². The maximum atomic E-state index is 13.3. The van der Waals surface area contributed by atoms with Crippen molar-refractivity contribution in [1.29, 1.82) is 0 Å². The largest absolute Gasteiger partial charge is 0.324 e. The Labute approximate surface area is 145 Å². The van der Waals surface area contributed by atoms with E-state index < -0.39 is 28.3 Å². The molecule has 0 unspecified atom stereocenters. The summed E-state index contributed by atoms with van der Waals surface area (Å²) < 4.78 is 38.0. The number of sulfonamides is 1. The van der Waals surface area contributed by atoms with E-state index in [0.717, 1.165) is 22.2 Å². The molecule has 0 aliphatic rings. The summed E-state index contributed by atoms with van der Waals surface area (Å²) in [5.74, 6) is -1.16. The van der Waals surface area contributed by atoms with Crippen LogP contribution in [0.1, 0.15) is 5.56 Å². The number of nitrogens with one attached hydrogen (secondary N) is 1. The van der Waals surface area contributed by atoms with Crippen LogP contribution in [-0.4, -0.2) is 27.1 Å². The van der Waals surface area contributed by atoms with Gasteiger partial charge in [0.15, 0.2) is 0 Å². The molecule has 8 heteroatoms. The van der Waals surface area contributed by atoms with Crippen molar-refractivity contribution < 1.29 is 17.6 Å². The molecule has 0 radical (unpaired) electrons. The Hall–Kier alpha value is -2.12. The van der Waals surface area contributed by atoms with Crippen molar-refractivity contribution in [3.8, 4) is 0 Å². The van der Waals surface area contributed by atoms with Crippen molar-refractivity contribution in [2.24, 2.45) is 0 Å². The molecule has 0 aliphatic carbocycles.